The Balaban J connectivity index is 2.62. The Bertz CT molecular complexity index is 311. The summed E-state index contributed by atoms with van der Waals surface area (Å²) >= 11 is 10.9. The maximum atomic E-state index is 9.42. The molecular formula is C11H17BrClNOS. The monoisotopic (exact) mass is 325 g/mol. The van der Waals surface area contributed by atoms with Crippen LogP contribution in [0.4, 0.5) is 0 Å². The lowest BCUT2D eigenvalue weighted by Gasteiger charge is -2.30. The summed E-state index contributed by atoms with van der Waals surface area (Å²) < 4.78 is 1.72. The lowest BCUT2D eigenvalue weighted by Crippen LogP contribution is -2.46. The summed E-state index contributed by atoms with van der Waals surface area (Å²) in [6.45, 7) is 5.09. The van der Waals surface area contributed by atoms with E-state index in [0.717, 1.165) is 28.2 Å². The van der Waals surface area contributed by atoms with Gasteiger partial charge in [0.15, 0.2) is 0 Å². The predicted octanol–water partition coefficient (Wildman–Crippen LogP) is 3.80. The molecule has 1 aromatic rings. The van der Waals surface area contributed by atoms with Gasteiger partial charge in [-0.1, -0.05) is 25.4 Å². The molecule has 0 bridgehead atoms. The van der Waals surface area contributed by atoms with Crippen molar-refractivity contribution >= 4 is 38.9 Å². The van der Waals surface area contributed by atoms with Crippen LogP contribution in [0.1, 0.15) is 31.6 Å². The zero-order valence-electron chi connectivity index (χ0n) is 9.52. The van der Waals surface area contributed by atoms with Crippen LogP contribution < -0.4 is 5.32 Å². The highest BCUT2D eigenvalue weighted by Crippen LogP contribution is 2.32. The number of rotatable bonds is 6. The van der Waals surface area contributed by atoms with Crippen molar-refractivity contribution in [2.75, 3.05) is 6.61 Å². The molecule has 0 spiro atoms. The number of thiophene rings is 1. The molecule has 0 aliphatic heterocycles. The molecule has 2 N–H and O–H groups in total. The fourth-order valence-corrected chi connectivity index (χ4v) is 3.26. The van der Waals surface area contributed by atoms with Gasteiger partial charge in [0.1, 0.15) is 4.34 Å². The molecule has 16 heavy (non-hydrogen) atoms. The molecule has 0 aromatic carbocycles. The van der Waals surface area contributed by atoms with Gasteiger partial charge in [-0.15, -0.1) is 11.3 Å². The molecule has 1 rings (SSSR count). The second-order valence-corrected chi connectivity index (χ2v) is 6.43. The van der Waals surface area contributed by atoms with E-state index in [1.54, 1.807) is 11.3 Å². The molecule has 0 unspecified atom stereocenters. The average Bonchev–Trinajstić information content (AvgIpc) is 2.61. The normalized spacial score (nSPS) is 12.1. The summed E-state index contributed by atoms with van der Waals surface area (Å²) in [5.41, 5.74) is -0.164. The highest BCUT2D eigenvalue weighted by molar-refractivity contribution is 9.10. The average molecular weight is 327 g/mol. The van der Waals surface area contributed by atoms with E-state index < -0.39 is 0 Å². The minimum Gasteiger partial charge on any atom is -0.394 e. The SMILES string of the molecule is CCC(CC)(CO)NCc1cc(Br)c(Cl)s1. The van der Waals surface area contributed by atoms with Crippen molar-refractivity contribution in [1.29, 1.82) is 0 Å². The Hall–Kier alpha value is 0.390. The minimum absolute atomic E-state index is 0.164. The van der Waals surface area contributed by atoms with E-state index in [1.165, 1.54) is 4.88 Å². The summed E-state index contributed by atoms with van der Waals surface area (Å²) in [5, 5.41) is 12.8. The van der Waals surface area contributed by atoms with E-state index in [1.807, 2.05) is 6.07 Å². The molecular weight excluding hydrogens is 310 g/mol. The van der Waals surface area contributed by atoms with Crippen molar-refractivity contribution in [3.05, 3.63) is 19.8 Å². The molecule has 0 radical (unpaired) electrons. The van der Waals surface area contributed by atoms with Crippen LogP contribution in [0.2, 0.25) is 4.34 Å². The Morgan fingerprint density at radius 3 is 2.50 bits per heavy atom. The highest BCUT2D eigenvalue weighted by Gasteiger charge is 2.24. The second kappa shape index (κ2) is 6.36. The van der Waals surface area contributed by atoms with Crippen LogP contribution in [0.3, 0.4) is 0 Å². The third kappa shape index (κ3) is 3.44. The fraction of sp³-hybridized carbons (Fsp3) is 0.636. The number of hydrogen-bond acceptors (Lipinski definition) is 3. The smallest absolute Gasteiger partial charge is 0.107 e. The molecule has 0 aliphatic rings. The Labute approximate surface area is 114 Å². The van der Waals surface area contributed by atoms with Gasteiger partial charge in [0.2, 0.25) is 0 Å². The lowest BCUT2D eigenvalue weighted by molar-refractivity contribution is 0.150. The van der Waals surface area contributed by atoms with Gasteiger partial charge >= 0.3 is 0 Å². The number of hydrogen-bond donors (Lipinski definition) is 2. The van der Waals surface area contributed by atoms with Gasteiger partial charge in [-0.25, -0.2) is 0 Å². The summed E-state index contributed by atoms with van der Waals surface area (Å²) in [5.74, 6) is 0. The Morgan fingerprint density at radius 2 is 2.12 bits per heavy atom. The molecule has 0 aliphatic carbocycles. The molecule has 5 heteroatoms. The van der Waals surface area contributed by atoms with Gasteiger partial charge in [0, 0.05) is 21.4 Å². The largest absolute Gasteiger partial charge is 0.394 e. The summed E-state index contributed by atoms with van der Waals surface area (Å²) in [4.78, 5) is 1.18. The van der Waals surface area contributed by atoms with Crippen LogP contribution in [0.15, 0.2) is 10.5 Å². The molecule has 0 saturated carbocycles. The van der Waals surface area contributed by atoms with Crippen LogP contribution in [0, 0.1) is 0 Å². The van der Waals surface area contributed by atoms with E-state index in [-0.39, 0.29) is 12.1 Å². The molecule has 1 heterocycles. The van der Waals surface area contributed by atoms with Crippen molar-refractivity contribution in [3.63, 3.8) is 0 Å². The van der Waals surface area contributed by atoms with Crippen molar-refractivity contribution in [2.45, 2.75) is 38.8 Å². The van der Waals surface area contributed by atoms with E-state index >= 15 is 0 Å². The zero-order valence-corrected chi connectivity index (χ0v) is 12.7. The van der Waals surface area contributed by atoms with Gasteiger partial charge < -0.3 is 10.4 Å². The van der Waals surface area contributed by atoms with Crippen LogP contribution in [0.25, 0.3) is 0 Å². The fourth-order valence-electron chi connectivity index (χ4n) is 1.53. The van der Waals surface area contributed by atoms with Crippen molar-refractivity contribution < 1.29 is 5.11 Å². The first kappa shape index (κ1) is 14.5. The van der Waals surface area contributed by atoms with Gasteiger partial charge in [-0.05, 0) is 34.8 Å². The first-order valence-corrected chi connectivity index (χ1v) is 7.35. The third-order valence-corrected chi connectivity index (χ3v) is 5.46. The van der Waals surface area contributed by atoms with Gasteiger partial charge in [-0.2, -0.15) is 0 Å². The van der Waals surface area contributed by atoms with Crippen LogP contribution in [0.5, 0.6) is 0 Å². The van der Waals surface area contributed by atoms with Crippen molar-refractivity contribution in [1.82, 2.24) is 5.32 Å². The first-order valence-electron chi connectivity index (χ1n) is 5.36. The highest BCUT2D eigenvalue weighted by atomic mass is 79.9. The van der Waals surface area contributed by atoms with E-state index in [2.05, 4.69) is 35.1 Å². The number of halogens is 2. The molecule has 0 saturated heterocycles. The van der Waals surface area contributed by atoms with E-state index in [0.29, 0.717) is 0 Å². The third-order valence-electron chi connectivity index (χ3n) is 2.99. The Kier molecular flexibility index (Phi) is 5.74. The van der Waals surface area contributed by atoms with E-state index in [4.69, 9.17) is 11.6 Å². The Morgan fingerprint density at radius 1 is 1.50 bits per heavy atom. The molecule has 1 aromatic heterocycles. The van der Waals surface area contributed by atoms with Crippen LogP contribution in [-0.4, -0.2) is 17.3 Å². The summed E-state index contributed by atoms with van der Waals surface area (Å²) in [7, 11) is 0. The maximum absolute atomic E-state index is 9.42. The summed E-state index contributed by atoms with van der Waals surface area (Å²) in [6, 6.07) is 2.02. The molecule has 0 fully saturated rings. The van der Waals surface area contributed by atoms with Crippen LogP contribution in [-0.2, 0) is 6.54 Å². The second-order valence-electron chi connectivity index (χ2n) is 3.83. The topological polar surface area (TPSA) is 32.3 Å². The zero-order chi connectivity index (χ0) is 12.2. The molecule has 2 nitrogen and oxygen atoms in total. The predicted molar refractivity (Wildman–Crippen MR) is 74.3 cm³/mol. The summed E-state index contributed by atoms with van der Waals surface area (Å²) in [6.07, 6.45) is 1.83. The first-order chi connectivity index (χ1) is 7.56. The molecule has 0 amide bonds. The molecule has 0 atom stereocenters. The van der Waals surface area contributed by atoms with Gasteiger partial charge in [0.05, 0.1) is 6.61 Å². The van der Waals surface area contributed by atoms with Gasteiger partial charge in [-0.3, -0.25) is 0 Å². The standard InChI is InChI=1S/C11H17BrClNOS/c1-3-11(4-2,7-15)14-6-8-5-9(12)10(13)16-8/h5,14-15H,3-4,6-7H2,1-2H3. The van der Waals surface area contributed by atoms with Gasteiger partial charge in [0.25, 0.3) is 0 Å². The molecule has 92 valence electrons. The van der Waals surface area contributed by atoms with Crippen LogP contribution >= 0.6 is 38.9 Å². The lowest BCUT2D eigenvalue weighted by atomic mass is 9.94. The quantitative estimate of drug-likeness (QED) is 0.833. The van der Waals surface area contributed by atoms with Crippen molar-refractivity contribution in [2.24, 2.45) is 0 Å². The van der Waals surface area contributed by atoms with Crippen molar-refractivity contribution in [3.8, 4) is 0 Å². The maximum Gasteiger partial charge on any atom is 0.107 e. The number of nitrogens with one attached hydrogen (secondary N) is 1. The number of aliphatic hydroxyl groups is 1. The number of aliphatic hydroxyl groups excluding tert-OH is 1. The van der Waals surface area contributed by atoms with E-state index in [9.17, 15) is 5.11 Å². The minimum atomic E-state index is -0.164.